The van der Waals surface area contributed by atoms with E-state index in [1.807, 2.05) is 11.9 Å². The number of carbonyl (C=O) groups is 1. The van der Waals surface area contributed by atoms with E-state index in [4.69, 9.17) is 5.73 Å². The standard InChI is InChI=1S/C28H44F2N6O/c1-6-9-19-11-20(29)13-34-22(12-28(19,8-3)10-7-2)25(18(4)31)27(37)35-23-15-32-14-21(30)26(23)24-16-33-17-36(24)5/h11,13-15,18,20-22,24-25,33H,6-10,12,16-17,31H2,1-5H3/p+1/b19-11+,34-13-. The first-order valence-electron chi connectivity index (χ1n) is 13.8. The SMILES string of the molecule is CCC/C1=C\C(F)/C=N\C(C(C(=O)NC2=C(C3CNCN3C)C(F)C=[N+]=C2)C(C)N)CC1(CC)CCC. The Morgan fingerprint density at radius 1 is 1.35 bits per heavy atom. The summed E-state index contributed by atoms with van der Waals surface area (Å²) in [6.07, 6.45) is 8.11. The maximum absolute atomic E-state index is 15.0. The lowest BCUT2D eigenvalue weighted by atomic mass is 9.66. The summed E-state index contributed by atoms with van der Waals surface area (Å²) in [5.74, 6) is -1.05. The molecule has 1 amide bonds. The van der Waals surface area contributed by atoms with Gasteiger partial charge in [-0.05, 0) is 51.1 Å². The molecule has 0 aromatic heterocycles. The number of nitrogens with two attached hydrogens (primary N) is 1. The summed E-state index contributed by atoms with van der Waals surface area (Å²) >= 11 is 0. The molecule has 0 radical (unpaired) electrons. The summed E-state index contributed by atoms with van der Waals surface area (Å²) in [4.78, 5) is 20.4. The van der Waals surface area contributed by atoms with Gasteiger partial charge in [-0.15, -0.1) is 0 Å². The maximum Gasteiger partial charge on any atom is 0.315 e. The fraction of sp³-hybridized carbons (Fsp3) is 0.714. The molecule has 3 rings (SSSR count). The van der Waals surface area contributed by atoms with Crippen LogP contribution in [-0.2, 0) is 4.79 Å². The van der Waals surface area contributed by atoms with Crippen molar-refractivity contribution in [2.45, 2.75) is 96.7 Å². The van der Waals surface area contributed by atoms with Crippen LogP contribution in [0, 0.1) is 11.3 Å². The molecule has 7 unspecified atom stereocenters. The second-order valence-electron chi connectivity index (χ2n) is 10.8. The summed E-state index contributed by atoms with van der Waals surface area (Å²) in [5, 5.41) is 6.19. The van der Waals surface area contributed by atoms with Gasteiger partial charge in [-0.3, -0.25) is 14.7 Å². The van der Waals surface area contributed by atoms with Gasteiger partial charge < -0.3 is 16.4 Å². The van der Waals surface area contributed by atoms with Crippen LogP contribution in [0.1, 0.15) is 66.2 Å². The van der Waals surface area contributed by atoms with Gasteiger partial charge in [-0.1, -0.05) is 43.9 Å². The highest BCUT2D eigenvalue weighted by Gasteiger charge is 2.42. The number of amides is 1. The molecule has 1 fully saturated rings. The van der Waals surface area contributed by atoms with E-state index >= 15 is 4.39 Å². The molecule has 37 heavy (non-hydrogen) atoms. The minimum Gasteiger partial charge on any atom is -0.327 e. The minimum atomic E-state index is -1.40. The van der Waals surface area contributed by atoms with Crippen LogP contribution >= 0.6 is 0 Å². The van der Waals surface area contributed by atoms with Crippen molar-refractivity contribution in [3.8, 4) is 0 Å². The Bertz CT molecular complexity index is 970. The van der Waals surface area contributed by atoms with Crippen molar-refractivity contribution in [1.82, 2.24) is 20.2 Å². The molecule has 9 heteroatoms. The van der Waals surface area contributed by atoms with Gasteiger partial charge in [0.15, 0.2) is 6.17 Å². The van der Waals surface area contributed by atoms with Crippen molar-refractivity contribution >= 4 is 24.6 Å². The Labute approximate surface area is 220 Å². The van der Waals surface area contributed by atoms with Crippen molar-refractivity contribution in [2.75, 3.05) is 20.3 Å². The number of aliphatic imine (C=N–C) groups is 1. The van der Waals surface area contributed by atoms with Crippen LogP contribution in [-0.4, -0.2) is 80.2 Å². The van der Waals surface area contributed by atoms with Crippen molar-refractivity contribution < 1.29 is 13.6 Å². The van der Waals surface area contributed by atoms with E-state index < -0.39 is 30.3 Å². The van der Waals surface area contributed by atoms with Crippen LogP contribution in [0.5, 0.6) is 0 Å². The molecule has 3 aliphatic rings. The van der Waals surface area contributed by atoms with E-state index in [0.717, 1.165) is 37.7 Å². The predicted octanol–water partition coefficient (Wildman–Crippen LogP) is 2.85. The van der Waals surface area contributed by atoms with E-state index in [0.29, 0.717) is 30.9 Å². The topological polar surface area (TPSA) is 96.9 Å². The number of hydrogen-bond acceptors (Lipinski definition) is 5. The lowest BCUT2D eigenvalue weighted by molar-refractivity contribution is -0.125. The highest BCUT2D eigenvalue weighted by atomic mass is 19.1. The molecule has 206 valence electrons. The first kappa shape index (κ1) is 29.4. The molecule has 3 heterocycles. The van der Waals surface area contributed by atoms with Crippen LogP contribution < -0.4 is 21.0 Å². The van der Waals surface area contributed by atoms with Crippen LogP contribution in [0.4, 0.5) is 8.78 Å². The highest BCUT2D eigenvalue weighted by Crippen LogP contribution is 2.45. The molecule has 0 saturated carbocycles. The number of likely N-dealkylation sites (N-methyl/N-ethyl adjacent to an activating group) is 1. The van der Waals surface area contributed by atoms with Crippen LogP contribution in [0.25, 0.3) is 0 Å². The normalized spacial score (nSPS) is 34.4. The van der Waals surface area contributed by atoms with Crippen LogP contribution in [0.3, 0.4) is 0 Å². The largest absolute Gasteiger partial charge is 0.327 e. The van der Waals surface area contributed by atoms with Crippen molar-refractivity contribution in [1.29, 1.82) is 0 Å². The summed E-state index contributed by atoms with van der Waals surface area (Å²) in [6.45, 7) is 9.37. The van der Waals surface area contributed by atoms with E-state index in [-0.39, 0.29) is 17.4 Å². The van der Waals surface area contributed by atoms with Crippen molar-refractivity contribution in [2.24, 2.45) is 22.1 Å². The number of alkyl halides is 2. The fourth-order valence-electron chi connectivity index (χ4n) is 6.25. The van der Waals surface area contributed by atoms with Gasteiger partial charge in [0.25, 0.3) is 0 Å². The molecule has 0 aliphatic carbocycles. The molecule has 4 N–H and O–H groups in total. The van der Waals surface area contributed by atoms with Gasteiger partial charge in [0, 0.05) is 31.0 Å². The Kier molecular flexibility index (Phi) is 10.4. The second kappa shape index (κ2) is 13.1. The van der Waals surface area contributed by atoms with Gasteiger partial charge in [0.05, 0.1) is 18.0 Å². The zero-order chi connectivity index (χ0) is 27.2. The third-order valence-electron chi connectivity index (χ3n) is 8.15. The second-order valence-corrected chi connectivity index (χ2v) is 10.8. The van der Waals surface area contributed by atoms with Crippen molar-refractivity contribution in [3.05, 3.63) is 22.9 Å². The number of carbonyl (C=O) groups excluding carboxylic acids is 1. The average molecular weight is 520 g/mol. The smallest absolute Gasteiger partial charge is 0.315 e. The average Bonchev–Trinajstić information content (AvgIpc) is 3.26. The first-order chi connectivity index (χ1) is 17.7. The molecule has 0 spiro atoms. The third kappa shape index (κ3) is 6.63. The summed E-state index contributed by atoms with van der Waals surface area (Å²) in [6, 6.07) is -1.24. The molecule has 0 aromatic rings. The van der Waals surface area contributed by atoms with Crippen LogP contribution in [0.2, 0.25) is 0 Å². The first-order valence-corrected chi connectivity index (χ1v) is 13.8. The molecule has 0 bridgehead atoms. The number of rotatable bonds is 10. The lowest BCUT2D eigenvalue weighted by Gasteiger charge is -2.41. The zero-order valence-electron chi connectivity index (χ0n) is 23.0. The molecule has 0 aromatic carbocycles. The predicted molar refractivity (Wildman–Crippen MR) is 148 cm³/mol. The number of nitrogens with zero attached hydrogens (tertiary/aromatic N) is 3. The number of hydrogen-bond donors (Lipinski definition) is 3. The third-order valence-corrected chi connectivity index (χ3v) is 8.15. The van der Waals surface area contributed by atoms with Gasteiger partial charge in [0.1, 0.15) is 5.70 Å². The van der Waals surface area contributed by atoms with E-state index in [1.54, 1.807) is 13.0 Å². The van der Waals surface area contributed by atoms with Gasteiger partial charge >= 0.3 is 12.4 Å². The Morgan fingerprint density at radius 3 is 2.70 bits per heavy atom. The van der Waals surface area contributed by atoms with E-state index in [2.05, 4.69) is 41.1 Å². The van der Waals surface area contributed by atoms with Crippen LogP contribution in [0.15, 0.2) is 27.9 Å². The molecule has 1 saturated heterocycles. The quantitative estimate of drug-likeness (QED) is 0.305. The van der Waals surface area contributed by atoms with Crippen molar-refractivity contribution in [3.63, 3.8) is 0 Å². The molecule has 3 aliphatic heterocycles. The van der Waals surface area contributed by atoms with E-state index in [9.17, 15) is 9.18 Å². The van der Waals surface area contributed by atoms with Gasteiger partial charge in [-0.2, -0.15) is 0 Å². The minimum absolute atomic E-state index is 0.201. The summed E-state index contributed by atoms with van der Waals surface area (Å²) in [5.41, 5.74) is 8.12. The number of allylic oxidation sites excluding steroid dienone is 3. The monoisotopic (exact) mass is 519 g/mol. The molecular formula is C28H45F2N6O+. The van der Waals surface area contributed by atoms with Gasteiger partial charge in [-0.25, -0.2) is 8.78 Å². The molecule has 7 nitrogen and oxygen atoms in total. The molecule has 7 atom stereocenters. The Balaban J connectivity index is 1.97. The lowest BCUT2D eigenvalue weighted by Crippen LogP contribution is -2.49. The zero-order valence-corrected chi connectivity index (χ0v) is 23.0. The summed E-state index contributed by atoms with van der Waals surface area (Å²) in [7, 11) is 1.91. The van der Waals surface area contributed by atoms with Gasteiger partial charge in [0.2, 0.25) is 12.1 Å². The highest BCUT2D eigenvalue weighted by molar-refractivity contribution is 5.94. The Hall–Kier alpha value is -2.19. The number of halogens is 2. The Morgan fingerprint density at radius 2 is 2.11 bits per heavy atom. The maximum atomic E-state index is 15.0. The number of nitrogens with one attached hydrogen (secondary N) is 2. The fourth-order valence-corrected chi connectivity index (χ4v) is 6.25. The molecular weight excluding hydrogens is 474 g/mol. The summed E-state index contributed by atoms with van der Waals surface area (Å²) < 4.78 is 34.1. The van der Waals surface area contributed by atoms with E-state index in [1.165, 1.54) is 18.6 Å².